The second-order valence-corrected chi connectivity index (χ2v) is 14.5. The molecule has 3 aliphatic heterocycles. The van der Waals surface area contributed by atoms with E-state index in [4.69, 9.17) is 0 Å². The summed E-state index contributed by atoms with van der Waals surface area (Å²) in [6.45, 7) is -3.45. The number of fused-ring (bicyclic) bond motifs is 1. The zero-order valence-corrected chi connectivity index (χ0v) is 32.6. The van der Waals surface area contributed by atoms with Gasteiger partial charge in [-0.2, -0.15) is 0 Å². The number of carbonyl (C=O) groups is 12. The van der Waals surface area contributed by atoms with Crippen LogP contribution in [0.5, 0.6) is 0 Å². The van der Waals surface area contributed by atoms with Crippen LogP contribution in [0.3, 0.4) is 0 Å². The van der Waals surface area contributed by atoms with Crippen molar-refractivity contribution in [2.24, 2.45) is 0 Å². The number of rotatable bonds is 1. The van der Waals surface area contributed by atoms with Gasteiger partial charge in [-0.05, 0) is 38.5 Å². The molecule has 0 bridgehead atoms. The van der Waals surface area contributed by atoms with E-state index in [1.807, 2.05) is 0 Å². The van der Waals surface area contributed by atoms with Crippen LogP contribution in [0.1, 0.15) is 57.8 Å². The van der Waals surface area contributed by atoms with Crippen LogP contribution in [-0.2, 0) is 57.5 Å². The summed E-state index contributed by atoms with van der Waals surface area (Å²) in [5.41, 5.74) is -1.39. The minimum atomic E-state index is -1.39. The first-order valence-electron chi connectivity index (χ1n) is 19.5. The first kappa shape index (κ1) is 45.3. The fourth-order valence-corrected chi connectivity index (χ4v) is 6.96. The van der Waals surface area contributed by atoms with Crippen molar-refractivity contribution in [3.63, 3.8) is 0 Å². The standard InChI is InChI=1S/C35H52N12O12/c48-23-12-21(33(58)46-9-3-4-10-46)44-30(55)19-43-34(59)35(7-1-2-8-35)45-32(57)22-6-5-11-47(22)31(56)20-42-29(54)18-41-28(53)17-40-27(52)16-39-26(51)15-38-25(50)14-37-24(49)13-36-23/h21-22H,1-20H2,(H,36,48)(H,37,49)(H,38,50)(H,39,51)(H,40,52)(H,41,53)(H,42,54)(H,43,59)(H,44,55)(H,45,57). The third-order valence-electron chi connectivity index (χ3n) is 10.1. The lowest BCUT2D eigenvalue weighted by Gasteiger charge is -2.32. The van der Waals surface area contributed by atoms with E-state index in [1.54, 1.807) is 0 Å². The zero-order chi connectivity index (χ0) is 43.0. The minimum Gasteiger partial charge on any atom is -0.347 e. The lowest BCUT2D eigenvalue weighted by molar-refractivity contribution is -0.141. The first-order chi connectivity index (χ1) is 28.2. The molecule has 24 heteroatoms. The molecule has 1 aliphatic carbocycles. The van der Waals surface area contributed by atoms with Gasteiger partial charge < -0.3 is 63.0 Å². The maximum atomic E-state index is 13.6. The summed E-state index contributed by atoms with van der Waals surface area (Å²) in [6.07, 6.45) is 3.35. The molecule has 59 heavy (non-hydrogen) atoms. The lowest BCUT2D eigenvalue weighted by Crippen LogP contribution is -2.61. The summed E-state index contributed by atoms with van der Waals surface area (Å²) < 4.78 is 0. The summed E-state index contributed by atoms with van der Waals surface area (Å²) in [5.74, 6) is -8.51. The Hall–Kier alpha value is -6.36. The van der Waals surface area contributed by atoms with Crippen LogP contribution < -0.4 is 53.2 Å². The third kappa shape index (κ3) is 14.2. The average Bonchev–Trinajstić information content (AvgIpc) is 4.03. The second kappa shape index (κ2) is 22.0. The highest BCUT2D eigenvalue weighted by Gasteiger charge is 2.45. The van der Waals surface area contributed by atoms with Crippen molar-refractivity contribution in [2.75, 3.05) is 72.0 Å². The van der Waals surface area contributed by atoms with E-state index >= 15 is 0 Å². The van der Waals surface area contributed by atoms with Crippen molar-refractivity contribution in [2.45, 2.75) is 75.4 Å². The molecule has 324 valence electrons. The molecule has 4 fully saturated rings. The highest BCUT2D eigenvalue weighted by atomic mass is 16.2. The van der Waals surface area contributed by atoms with Gasteiger partial charge in [0.1, 0.15) is 17.6 Å². The maximum absolute atomic E-state index is 13.6. The lowest BCUT2D eigenvalue weighted by atomic mass is 9.95. The number of nitrogens with zero attached hydrogens (tertiary/aromatic N) is 2. The Labute approximate surface area is 338 Å². The van der Waals surface area contributed by atoms with E-state index in [9.17, 15) is 57.5 Å². The van der Waals surface area contributed by atoms with Gasteiger partial charge in [0.2, 0.25) is 70.9 Å². The van der Waals surface area contributed by atoms with Crippen LogP contribution in [-0.4, -0.2) is 170 Å². The number of nitrogens with one attached hydrogen (secondary N) is 10. The Bertz CT molecular complexity index is 1680. The number of hydrogen-bond donors (Lipinski definition) is 10. The smallest absolute Gasteiger partial charge is 0.246 e. The molecule has 2 unspecified atom stereocenters. The largest absolute Gasteiger partial charge is 0.347 e. The predicted octanol–water partition coefficient (Wildman–Crippen LogP) is -7.15. The van der Waals surface area contributed by atoms with Crippen LogP contribution in [0, 0.1) is 0 Å². The number of carbonyl (C=O) groups excluding carboxylic acids is 12. The van der Waals surface area contributed by atoms with Gasteiger partial charge in [0.05, 0.1) is 58.8 Å². The summed E-state index contributed by atoms with van der Waals surface area (Å²) >= 11 is 0. The molecule has 2 atom stereocenters. The van der Waals surface area contributed by atoms with Crippen LogP contribution >= 0.6 is 0 Å². The van der Waals surface area contributed by atoms with Crippen LogP contribution in [0.15, 0.2) is 0 Å². The molecule has 0 aromatic carbocycles. The highest BCUT2D eigenvalue weighted by Crippen LogP contribution is 2.31. The van der Waals surface area contributed by atoms with Crippen molar-refractivity contribution in [3.8, 4) is 0 Å². The van der Waals surface area contributed by atoms with E-state index in [1.165, 1.54) is 9.80 Å². The second-order valence-electron chi connectivity index (χ2n) is 14.5. The summed E-state index contributed by atoms with van der Waals surface area (Å²) in [5, 5.41) is 23.7. The van der Waals surface area contributed by atoms with Gasteiger partial charge in [0, 0.05) is 19.6 Å². The van der Waals surface area contributed by atoms with Crippen molar-refractivity contribution in [1.29, 1.82) is 0 Å². The highest BCUT2D eigenvalue weighted by molar-refractivity contribution is 5.98. The SMILES string of the molecule is O=C1CNC(=O)CNC(=O)CNC(=O)CC(C(=O)N2CCCC2)NC(=O)CNC(=O)C2(CCCC2)NC(=O)C2CCCN2C(=O)CNC(=O)CNC(=O)CNC(=O)CN1. The van der Waals surface area contributed by atoms with Gasteiger partial charge in [-0.1, -0.05) is 12.8 Å². The number of likely N-dealkylation sites (tertiary alicyclic amines) is 1. The van der Waals surface area contributed by atoms with Gasteiger partial charge in [-0.15, -0.1) is 0 Å². The Balaban J connectivity index is 1.42. The predicted molar refractivity (Wildman–Crippen MR) is 201 cm³/mol. The monoisotopic (exact) mass is 832 g/mol. The van der Waals surface area contributed by atoms with Gasteiger partial charge in [0.15, 0.2) is 0 Å². The topological polar surface area (TPSA) is 332 Å². The van der Waals surface area contributed by atoms with Crippen molar-refractivity contribution in [3.05, 3.63) is 0 Å². The van der Waals surface area contributed by atoms with E-state index in [0.29, 0.717) is 38.8 Å². The minimum absolute atomic E-state index is 0.209. The molecule has 1 spiro atoms. The molecule has 10 N–H and O–H groups in total. The zero-order valence-electron chi connectivity index (χ0n) is 32.6. The summed E-state index contributed by atoms with van der Waals surface area (Å²) in [4.78, 5) is 155. The third-order valence-corrected chi connectivity index (χ3v) is 10.1. The Morgan fingerprint density at radius 1 is 0.492 bits per heavy atom. The van der Waals surface area contributed by atoms with Gasteiger partial charge in [-0.25, -0.2) is 0 Å². The molecule has 24 nitrogen and oxygen atoms in total. The van der Waals surface area contributed by atoms with E-state index in [-0.39, 0.29) is 19.4 Å². The fraction of sp³-hybridized carbons (Fsp3) is 0.657. The molecular formula is C35H52N12O12. The maximum Gasteiger partial charge on any atom is 0.246 e. The van der Waals surface area contributed by atoms with Gasteiger partial charge >= 0.3 is 0 Å². The van der Waals surface area contributed by atoms with Crippen LogP contribution in [0.4, 0.5) is 0 Å². The Kier molecular flexibility index (Phi) is 16.9. The van der Waals surface area contributed by atoms with Crippen LogP contribution in [0.2, 0.25) is 0 Å². The summed E-state index contributed by atoms with van der Waals surface area (Å²) in [7, 11) is 0. The first-order valence-corrected chi connectivity index (χ1v) is 19.5. The molecule has 4 rings (SSSR count). The summed E-state index contributed by atoms with van der Waals surface area (Å²) in [6, 6.07) is -2.29. The fourth-order valence-electron chi connectivity index (χ4n) is 6.96. The average molecular weight is 833 g/mol. The molecule has 0 aromatic rings. The molecular weight excluding hydrogens is 780 g/mol. The van der Waals surface area contributed by atoms with Crippen molar-refractivity contribution >= 4 is 70.9 Å². The van der Waals surface area contributed by atoms with Crippen molar-refractivity contribution < 1.29 is 57.5 Å². The molecule has 0 aromatic heterocycles. The molecule has 1 saturated carbocycles. The molecule has 3 saturated heterocycles. The van der Waals surface area contributed by atoms with E-state index in [0.717, 1.165) is 12.8 Å². The Morgan fingerprint density at radius 3 is 1.42 bits per heavy atom. The molecule has 12 amide bonds. The van der Waals surface area contributed by atoms with Crippen molar-refractivity contribution in [1.82, 2.24) is 63.0 Å². The molecule has 4 aliphatic rings. The van der Waals surface area contributed by atoms with Gasteiger partial charge in [0.25, 0.3) is 0 Å². The van der Waals surface area contributed by atoms with E-state index < -0.39 is 147 Å². The molecule has 0 radical (unpaired) electrons. The molecule has 3 heterocycles. The number of amides is 12. The van der Waals surface area contributed by atoms with Gasteiger partial charge in [-0.3, -0.25) is 57.5 Å². The quantitative estimate of drug-likeness (QED) is 0.118. The number of hydrogen-bond acceptors (Lipinski definition) is 12. The Morgan fingerprint density at radius 2 is 0.932 bits per heavy atom. The normalized spacial score (nSPS) is 24.8. The van der Waals surface area contributed by atoms with Crippen LogP contribution in [0.25, 0.3) is 0 Å². The van der Waals surface area contributed by atoms with E-state index in [2.05, 4.69) is 53.2 Å².